The number of pyridine rings is 1. The Labute approximate surface area is 163 Å². The van der Waals surface area contributed by atoms with Crippen LogP contribution in [0.3, 0.4) is 0 Å². The number of benzene rings is 1. The first kappa shape index (κ1) is 19.1. The van der Waals surface area contributed by atoms with Crippen LogP contribution in [0.15, 0.2) is 47.6 Å². The van der Waals surface area contributed by atoms with Crippen molar-refractivity contribution in [3.8, 4) is 5.75 Å². The zero-order valence-corrected chi connectivity index (χ0v) is 16.2. The van der Waals surface area contributed by atoms with E-state index in [1.807, 2.05) is 44.3 Å². The van der Waals surface area contributed by atoms with E-state index >= 15 is 0 Å². The Morgan fingerprint density at radius 2 is 2.26 bits per heavy atom. The molecule has 1 aliphatic rings. The average Bonchev–Trinajstić information content (AvgIpc) is 3.50. The molecule has 1 saturated carbocycles. The van der Waals surface area contributed by atoms with Crippen molar-refractivity contribution in [2.75, 3.05) is 23.3 Å². The molecule has 0 saturated heterocycles. The molecule has 6 nitrogen and oxygen atoms in total. The van der Waals surface area contributed by atoms with Crippen molar-refractivity contribution in [1.82, 2.24) is 4.98 Å². The number of carboxylic acids is 1. The normalized spacial score (nSPS) is 13.6. The van der Waals surface area contributed by atoms with Gasteiger partial charge in [0.1, 0.15) is 10.8 Å². The van der Waals surface area contributed by atoms with E-state index < -0.39 is 5.97 Å². The summed E-state index contributed by atoms with van der Waals surface area (Å²) in [6, 6.07) is 10.1. The molecule has 7 heteroatoms. The lowest BCUT2D eigenvalue weighted by Gasteiger charge is -2.27. The lowest BCUT2D eigenvalue weighted by atomic mass is 10.1. The molecule has 2 N–H and O–H groups in total. The zero-order valence-electron chi connectivity index (χ0n) is 15.4. The number of nitrogens with zero attached hydrogens (tertiary/aromatic N) is 2. The molecule has 3 rings (SSSR count). The molecule has 0 atom stereocenters. The fraction of sp³-hybridized carbons (Fsp3) is 0.300. The minimum absolute atomic E-state index is 0.414. The van der Waals surface area contributed by atoms with Gasteiger partial charge in [0.2, 0.25) is 0 Å². The van der Waals surface area contributed by atoms with Crippen molar-refractivity contribution in [3.63, 3.8) is 0 Å². The molecule has 1 fully saturated rings. The molecule has 2 aromatic rings. The quantitative estimate of drug-likeness (QED) is 0.492. The zero-order chi connectivity index (χ0) is 19.2. The molecule has 0 unspecified atom stereocenters. The number of nitrogens with one attached hydrogen (secondary N) is 1. The molecular weight excluding hydrogens is 362 g/mol. The minimum atomic E-state index is -0.984. The molecule has 1 aromatic carbocycles. The summed E-state index contributed by atoms with van der Waals surface area (Å²) in [6.07, 6.45) is 6.74. The maximum absolute atomic E-state index is 11.0. The van der Waals surface area contributed by atoms with Gasteiger partial charge in [0.15, 0.2) is 0 Å². The Balaban J connectivity index is 2.05. The number of anilines is 2. The fourth-order valence-corrected chi connectivity index (χ4v) is 3.79. The second kappa shape index (κ2) is 8.81. The van der Waals surface area contributed by atoms with Crippen molar-refractivity contribution < 1.29 is 14.6 Å². The number of aromatic nitrogens is 1. The highest BCUT2D eigenvalue weighted by Crippen LogP contribution is 2.45. The van der Waals surface area contributed by atoms with Gasteiger partial charge in [-0.1, -0.05) is 6.07 Å². The molecule has 0 amide bonds. The number of hydrogen-bond acceptors (Lipinski definition) is 6. The predicted molar refractivity (Wildman–Crippen MR) is 109 cm³/mol. The van der Waals surface area contributed by atoms with E-state index in [2.05, 4.69) is 14.6 Å². The summed E-state index contributed by atoms with van der Waals surface area (Å²) >= 11 is 1.59. The molecule has 1 aromatic heterocycles. The van der Waals surface area contributed by atoms with Crippen LogP contribution < -0.4 is 14.4 Å². The first-order chi connectivity index (χ1) is 13.1. The summed E-state index contributed by atoms with van der Waals surface area (Å²) in [7, 11) is 1.84. The van der Waals surface area contributed by atoms with Crippen LogP contribution in [0.5, 0.6) is 5.75 Å². The van der Waals surface area contributed by atoms with Crippen LogP contribution in [0.4, 0.5) is 11.4 Å². The molecule has 0 radical (unpaired) electrons. The third kappa shape index (κ3) is 4.95. The van der Waals surface area contributed by atoms with Crippen LogP contribution >= 0.6 is 11.9 Å². The van der Waals surface area contributed by atoms with Crippen LogP contribution in [-0.2, 0) is 4.79 Å². The van der Waals surface area contributed by atoms with E-state index in [4.69, 9.17) is 9.84 Å². The highest BCUT2D eigenvalue weighted by molar-refractivity contribution is 8.00. The second-order valence-electron chi connectivity index (χ2n) is 6.08. The summed E-state index contributed by atoms with van der Waals surface area (Å²) < 4.78 is 7.98. The molecule has 0 bridgehead atoms. The summed E-state index contributed by atoms with van der Waals surface area (Å²) in [6.45, 7) is 2.47. The largest absolute Gasteiger partial charge is 0.494 e. The van der Waals surface area contributed by atoms with Crippen LogP contribution in [-0.4, -0.2) is 35.8 Å². The van der Waals surface area contributed by atoms with Crippen molar-refractivity contribution in [2.24, 2.45) is 0 Å². The number of carbonyl (C=O) groups is 1. The summed E-state index contributed by atoms with van der Waals surface area (Å²) in [5, 5.41) is 13.2. The summed E-state index contributed by atoms with van der Waals surface area (Å²) in [5.74, 6) is -0.272. The van der Waals surface area contributed by atoms with E-state index in [1.54, 1.807) is 24.2 Å². The van der Waals surface area contributed by atoms with Crippen LogP contribution in [0.1, 0.15) is 25.3 Å². The van der Waals surface area contributed by atoms with Crippen molar-refractivity contribution in [3.05, 3.63) is 48.2 Å². The van der Waals surface area contributed by atoms with Gasteiger partial charge >= 0.3 is 5.97 Å². The first-order valence-electron chi connectivity index (χ1n) is 8.90. The second-order valence-corrected chi connectivity index (χ2v) is 7.07. The third-order valence-corrected chi connectivity index (χ3v) is 5.15. The van der Waals surface area contributed by atoms with E-state index in [1.165, 1.54) is 0 Å². The molecule has 1 aliphatic carbocycles. The number of ether oxygens (including phenoxy) is 1. The topological polar surface area (TPSA) is 74.7 Å². The van der Waals surface area contributed by atoms with Gasteiger partial charge in [0.05, 0.1) is 18.0 Å². The van der Waals surface area contributed by atoms with Gasteiger partial charge in [0.25, 0.3) is 0 Å². The Morgan fingerprint density at radius 3 is 2.85 bits per heavy atom. The maximum atomic E-state index is 11.0. The van der Waals surface area contributed by atoms with E-state index in [0.717, 1.165) is 40.9 Å². The van der Waals surface area contributed by atoms with Crippen LogP contribution in [0, 0.1) is 0 Å². The Morgan fingerprint density at radius 1 is 1.44 bits per heavy atom. The predicted octanol–water partition coefficient (Wildman–Crippen LogP) is 4.30. The van der Waals surface area contributed by atoms with E-state index in [-0.39, 0.29) is 0 Å². The van der Waals surface area contributed by atoms with Crippen molar-refractivity contribution >= 4 is 35.4 Å². The monoisotopic (exact) mass is 385 g/mol. The standard InChI is InChI=1S/C20H23N3O3S/c1-3-26-16-12-14(7-10-19(24)25)20(21-2)17(13-16)23(15-8-9-15)27-18-6-4-5-11-22-18/h4-7,10-13,15,21H,3,8-9H2,1-2H3,(H,24,25)/b10-7+. The van der Waals surface area contributed by atoms with Crippen LogP contribution in [0.2, 0.25) is 0 Å². The number of hydrogen-bond donors (Lipinski definition) is 2. The maximum Gasteiger partial charge on any atom is 0.328 e. The lowest BCUT2D eigenvalue weighted by molar-refractivity contribution is -0.131. The highest BCUT2D eigenvalue weighted by atomic mass is 32.2. The minimum Gasteiger partial charge on any atom is -0.494 e. The van der Waals surface area contributed by atoms with Gasteiger partial charge in [-0.3, -0.25) is 0 Å². The molecular formula is C20H23N3O3S. The van der Waals surface area contributed by atoms with Gasteiger partial charge in [-0.25, -0.2) is 9.78 Å². The highest BCUT2D eigenvalue weighted by Gasteiger charge is 2.32. The van der Waals surface area contributed by atoms with Crippen molar-refractivity contribution in [2.45, 2.75) is 30.8 Å². The first-order valence-corrected chi connectivity index (χ1v) is 9.67. The molecule has 0 aliphatic heterocycles. The van der Waals surface area contributed by atoms with Crippen LogP contribution in [0.25, 0.3) is 6.08 Å². The molecule has 1 heterocycles. The van der Waals surface area contributed by atoms with Crippen molar-refractivity contribution in [1.29, 1.82) is 0 Å². The smallest absolute Gasteiger partial charge is 0.328 e. The third-order valence-electron chi connectivity index (χ3n) is 4.03. The van der Waals surface area contributed by atoms with E-state index in [9.17, 15) is 4.79 Å². The van der Waals surface area contributed by atoms with Gasteiger partial charge in [-0.2, -0.15) is 0 Å². The Hall–Kier alpha value is -2.67. The fourth-order valence-electron chi connectivity index (χ4n) is 2.74. The van der Waals surface area contributed by atoms with Gasteiger partial charge in [-0.05, 0) is 44.0 Å². The lowest BCUT2D eigenvalue weighted by Crippen LogP contribution is -2.19. The van der Waals surface area contributed by atoms with Gasteiger partial charge < -0.3 is 19.5 Å². The Kier molecular flexibility index (Phi) is 6.24. The number of carboxylic acid groups (broad SMARTS) is 1. The Bertz CT molecular complexity index is 823. The SMILES string of the molecule is CCOc1cc(/C=C/C(=O)O)c(NC)c(N(Sc2ccccn2)C2CC2)c1. The average molecular weight is 385 g/mol. The summed E-state index contributed by atoms with van der Waals surface area (Å²) in [5.41, 5.74) is 2.60. The number of rotatable bonds is 9. The molecule has 27 heavy (non-hydrogen) atoms. The van der Waals surface area contributed by atoms with Gasteiger partial charge in [-0.15, -0.1) is 0 Å². The molecule has 0 spiro atoms. The molecule has 142 valence electrons. The van der Waals surface area contributed by atoms with E-state index in [0.29, 0.717) is 18.4 Å². The number of aliphatic carboxylic acids is 1. The van der Waals surface area contributed by atoms with Gasteiger partial charge in [0, 0.05) is 48.9 Å². The summed E-state index contributed by atoms with van der Waals surface area (Å²) in [4.78, 5) is 15.4.